The van der Waals surface area contributed by atoms with Gasteiger partial charge in [-0.25, -0.2) is 0 Å². The number of unbranched alkanes of at least 4 members (excludes halogenated alkanes) is 2. The number of alkyl halides is 3. The first kappa shape index (κ1) is 25.5. The molecule has 4 nitrogen and oxygen atoms in total. The predicted molar refractivity (Wildman–Crippen MR) is 136 cm³/mol. The third kappa shape index (κ3) is 7.21. The Kier molecular flexibility index (Phi) is 8.68. The molecule has 1 fully saturated rings. The van der Waals surface area contributed by atoms with E-state index >= 15 is 0 Å². The molecule has 2 aromatic carbocycles. The monoisotopic (exact) mass is 501 g/mol. The molecule has 4 rings (SSSR count). The number of aromatic nitrogens is 1. The van der Waals surface area contributed by atoms with Gasteiger partial charge in [-0.3, -0.25) is 9.78 Å². The van der Waals surface area contributed by atoms with Crippen molar-refractivity contribution in [2.24, 2.45) is 0 Å². The molecular weight excluding hydrogens is 471 g/mol. The molecule has 186 valence electrons. The van der Waals surface area contributed by atoms with Gasteiger partial charge in [0.1, 0.15) is 5.78 Å². The Morgan fingerprint density at radius 3 is 2.51 bits per heavy atom. The zero-order chi connectivity index (χ0) is 24.7. The van der Waals surface area contributed by atoms with Gasteiger partial charge in [0, 0.05) is 61.2 Å². The molecule has 8 heteroatoms. The second kappa shape index (κ2) is 11.9. The van der Waals surface area contributed by atoms with Crippen LogP contribution in [-0.2, 0) is 17.4 Å². The summed E-state index contributed by atoms with van der Waals surface area (Å²) in [5, 5.41) is 4.09. The maximum atomic E-state index is 12.9. The van der Waals surface area contributed by atoms with Gasteiger partial charge in [-0.2, -0.15) is 13.2 Å². The number of Topliss-reactive ketones (excluding diaryl/α,β-unsaturated/α-hetero) is 1. The Balaban J connectivity index is 1.17. The van der Waals surface area contributed by atoms with Gasteiger partial charge >= 0.3 is 6.18 Å². The fraction of sp³-hybridized carbons (Fsp3) is 0.407. The van der Waals surface area contributed by atoms with Crippen LogP contribution < -0.4 is 10.2 Å². The smallest absolute Gasteiger partial charge is 0.369 e. The number of thioether (sulfide) groups is 1. The lowest BCUT2D eigenvalue weighted by molar-refractivity contribution is -0.137. The largest absolute Gasteiger partial charge is 0.416 e. The Bertz CT molecular complexity index is 1130. The van der Waals surface area contributed by atoms with E-state index in [1.165, 1.54) is 11.8 Å². The molecule has 3 aromatic rings. The van der Waals surface area contributed by atoms with Gasteiger partial charge in [0.05, 0.1) is 11.1 Å². The molecule has 0 aliphatic carbocycles. The lowest BCUT2D eigenvalue weighted by Gasteiger charge is -2.29. The fourth-order valence-electron chi connectivity index (χ4n) is 4.27. The van der Waals surface area contributed by atoms with Crippen LogP contribution in [0, 0.1) is 0 Å². The summed E-state index contributed by atoms with van der Waals surface area (Å²) in [6.07, 6.45) is 0.973. The first-order chi connectivity index (χ1) is 16.9. The number of anilines is 1. The second-order valence-electron chi connectivity index (χ2n) is 8.82. The summed E-state index contributed by atoms with van der Waals surface area (Å²) in [5.74, 6) is 1.11. The van der Waals surface area contributed by atoms with Gasteiger partial charge in [0.2, 0.25) is 0 Å². The fourth-order valence-corrected chi connectivity index (χ4v) is 5.32. The number of halogens is 3. The number of fused-ring (bicyclic) bond motifs is 1. The van der Waals surface area contributed by atoms with E-state index < -0.39 is 11.7 Å². The zero-order valence-electron chi connectivity index (χ0n) is 19.6. The Morgan fingerprint density at radius 1 is 1.00 bits per heavy atom. The highest BCUT2D eigenvalue weighted by atomic mass is 32.2. The van der Waals surface area contributed by atoms with E-state index in [0.29, 0.717) is 18.4 Å². The van der Waals surface area contributed by atoms with Gasteiger partial charge in [0.15, 0.2) is 0 Å². The predicted octanol–water partition coefficient (Wildman–Crippen LogP) is 6.13. The summed E-state index contributed by atoms with van der Waals surface area (Å²) in [7, 11) is 0. The molecule has 0 bridgehead atoms. The molecule has 1 saturated heterocycles. The normalized spacial score (nSPS) is 14.4. The molecule has 0 amide bonds. The summed E-state index contributed by atoms with van der Waals surface area (Å²) in [4.78, 5) is 19.8. The van der Waals surface area contributed by atoms with Crippen molar-refractivity contribution in [2.45, 2.75) is 43.2 Å². The number of benzene rings is 2. The minimum absolute atomic E-state index is 0.258. The summed E-state index contributed by atoms with van der Waals surface area (Å²) < 4.78 is 38.8. The average molecular weight is 502 g/mol. The number of nitrogens with one attached hydrogen (secondary N) is 1. The van der Waals surface area contributed by atoms with E-state index in [4.69, 9.17) is 0 Å². The van der Waals surface area contributed by atoms with Crippen molar-refractivity contribution in [1.29, 1.82) is 0 Å². The van der Waals surface area contributed by atoms with Crippen molar-refractivity contribution >= 4 is 34.1 Å². The molecule has 1 aliphatic rings. The highest BCUT2D eigenvalue weighted by molar-refractivity contribution is 7.99. The third-order valence-corrected chi connectivity index (χ3v) is 7.37. The summed E-state index contributed by atoms with van der Waals surface area (Å²) >= 11 is 1.62. The zero-order valence-corrected chi connectivity index (χ0v) is 20.4. The van der Waals surface area contributed by atoms with Crippen LogP contribution in [0.1, 0.15) is 36.8 Å². The van der Waals surface area contributed by atoms with Crippen LogP contribution in [0.25, 0.3) is 10.9 Å². The first-order valence-electron chi connectivity index (χ1n) is 12.1. The number of piperazine rings is 1. The minimum atomic E-state index is -4.37. The van der Waals surface area contributed by atoms with Crippen LogP contribution in [0.2, 0.25) is 0 Å². The van der Waals surface area contributed by atoms with E-state index in [0.717, 1.165) is 79.2 Å². The average Bonchev–Trinajstić information content (AvgIpc) is 2.86. The Morgan fingerprint density at radius 2 is 1.77 bits per heavy atom. The summed E-state index contributed by atoms with van der Waals surface area (Å²) in [6.45, 7) is 4.02. The molecule has 0 radical (unpaired) electrons. The highest BCUT2D eigenvalue weighted by Gasteiger charge is 2.30. The standard InChI is InChI=1S/C27H30F3N3OS/c28-27(29,30)21-7-10-24-25(19-21)32-12-11-26(24)35-17-3-1-2-4-23(34)18-20-5-8-22(9-6-20)33-15-13-31-14-16-33/h5-12,19,31H,1-4,13-18H2. The minimum Gasteiger partial charge on any atom is -0.369 e. The third-order valence-electron chi connectivity index (χ3n) is 6.21. The van der Waals surface area contributed by atoms with Crippen LogP contribution in [0.15, 0.2) is 59.6 Å². The molecule has 1 aliphatic heterocycles. The molecule has 2 heterocycles. The molecule has 0 atom stereocenters. The SMILES string of the molecule is O=C(CCCCCSc1ccnc2cc(C(F)(F)F)ccc12)Cc1ccc(N2CCNCC2)cc1. The van der Waals surface area contributed by atoms with Crippen LogP contribution in [-0.4, -0.2) is 42.7 Å². The van der Waals surface area contributed by atoms with Crippen LogP contribution >= 0.6 is 11.8 Å². The Labute approximate surface area is 208 Å². The summed E-state index contributed by atoms with van der Waals surface area (Å²) in [5.41, 5.74) is 1.95. The molecule has 1 N–H and O–H groups in total. The number of carbonyl (C=O) groups is 1. The van der Waals surface area contributed by atoms with Gasteiger partial charge < -0.3 is 10.2 Å². The maximum absolute atomic E-state index is 12.9. The molecule has 0 saturated carbocycles. The molecule has 0 spiro atoms. The summed E-state index contributed by atoms with van der Waals surface area (Å²) in [6, 6.07) is 13.9. The number of nitrogens with zero attached hydrogens (tertiary/aromatic N) is 2. The maximum Gasteiger partial charge on any atom is 0.416 e. The lowest BCUT2D eigenvalue weighted by Crippen LogP contribution is -2.43. The van der Waals surface area contributed by atoms with Crippen LogP contribution in [0.4, 0.5) is 18.9 Å². The quantitative estimate of drug-likeness (QED) is 0.268. The van der Waals surface area contributed by atoms with Gasteiger partial charge in [-0.1, -0.05) is 24.6 Å². The molecular formula is C27H30F3N3OS. The number of pyridine rings is 1. The van der Waals surface area contributed by atoms with Gasteiger partial charge in [0.25, 0.3) is 0 Å². The van der Waals surface area contributed by atoms with Crippen molar-refractivity contribution < 1.29 is 18.0 Å². The van der Waals surface area contributed by atoms with Crippen molar-refractivity contribution in [3.05, 3.63) is 65.9 Å². The van der Waals surface area contributed by atoms with E-state index in [-0.39, 0.29) is 5.78 Å². The van der Waals surface area contributed by atoms with Gasteiger partial charge in [-0.15, -0.1) is 11.8 Å². The van der Waals surface area contributed by atoms with Gasteiger partial charge in [-0.05, 0) is 54.5 Å². The van der Waals surface area contributed by atoms with Crippen molar-refractivity contribution in [2.75, 3.05) is 36.8 Å². The molecule has 0 unspecified atom stereocenters. The number of ketones is 1. The van der Waals surface area contributed by atoms with Crippen molar-refractivity contribution in [3.63, 3.8) is 0 Å². The topological polar surface area (TPSA) is 45.2 Å². The van der Waals surface area contributed by atoms with Crippen LogP contribution in [0.3, 0.4) is 0 Å². The number of hydrogen-bond acceptors (Lipinski definition) is 5. The highest BCUT2D eigenvalue weighted by Crippen LogP contribution is 2.34. The Hall–Kier alpha value is -2.58. The number of rotatable bonds is 10. The van der Waals surface area contributed by atoms with E-state index in [1.807, 2.05) is 6.07 Å². The number of carbonyl (C=O) groups excluding carboxylic acids is 1. The lowest BCUT2D eigenvalue weighted by atomic mass is 10.0. The van der Waals surface area contributed by atoms with Crippen molar-refractivity contribution in [3.8, 4) is 0 Å². The van der Waals surface area contributed by atoms with E-state index in [9.17, 15) is 18.0 Å². The van der Waals surface area contributed by atoms with Crippen molar-refractivity contribution in [1.82, 2.24) is 10.3 Å². The second-order valence-corrected chi connectivity index (χ2v) is 9.95. The number of hydrogen-bond donors (Lipinski definition) is 1. The first-order valence-corrected chi connectivity index (χ1v) is 13.0. The van der Waals surface area contributed by atoms with E-state index in [2.05, 4.69) is 39.5 Å². The van der Waals surface area contributed by atoms with E-state index in [1.54, 1.807) is 18.0 Å². The molecule has 35 heavy (non-hydrogen) atoms. The van der Waals surface area contributed by atoms with Crippen LogP contribution in [0.5, 0.6) is 0 Å². The molecule has 1 aromatic heterocycles.